The van der Waals surface area contributed by atoms with E-state index in [0.29, 0.717) is 12.5 Å². The summed E-state index contributed by atoms with van der Waals surface area (Å²) in [7, 11) is 0. The van der Waals surface area contributed by atoms with Crippen molar-refractivity contribution in [3.05, 3.63) is 0 Å². The van der Waals surface area contributed by atoms with Gasteiger partial charge in [-0.3, -0.25) is 4.79 Å². The van der Waals surface area contributed by atoms with E-state index >= 15 is 0 Å². The molecule has 0 aromatic rings. The van der Waals surface area contributed by atoms with Crippen molar-refractivity contribution in [2.45, 2.75) is 32.8 Å². The molecule has 1 aliphatic heterocycles. The van der Waals surface area contributed by atoms with Crippen LogP contribution in [-0.2, 0) is 9.53 Å². The van der Waals surface area contributed by atoms with E-state index in [1.807, 2.05) is 13.8 Å². The third kappa shape index (κ3) is 1.97. The summed E-state index contributed by atoms with van der Waals surface area (Å²) in [5.41, 5.74) is 0. The summed E-state index contributed by atoms with van der Waals surface area (Å²) >= 11 is 0. The number of carboxylic acid groups (broad SMARTS) is 1. The third-order valence-corrected chi connectivity index (χ3v) is 2.34. The standard InChI is InChI=1S/C9H16O3/c1-6(2)8-7(9(10)11)4-3-5-12-8/h6-8H,3-5H2,1-2H3,(H,10,11)/t7-,8+/m1/s1. The van der Waals surface area contributed by atoms with Gasteiger partial charge >= 0.3 is 5.97 Å². The van der Waals surface area contributed by atoms with E-state index in [2.05, 4.69) is 0 Å². The number of hydrogen-bond acceptors (Lipinski definition) is 2. The molecule has 2 atom stereocenters. The predicted molar refractivity (Wildman–Crippen MR) is 44.9 cm³/mol. The molecule has 0 spiro atoms. The minimum atomic E-state index is -0.714. The second-order valence-corrected chi connectivity index (χ2v) is 3.67. The number of hydrogen-bond donors (Lipinski definition) is 1. The molecule has 0 aliphatic carbocycles. The van der Waals surface area contributed by atoms with Crippen LogP contribution in [0.15, 0.2) is 0 Å². The zero-order chi connectivity index (χ0) is 9.14. The summed E-state index contributed by atoms with van der Waals surface area (Å²) < 4.78 is 5.43. The van der Waals surface area contributed by atoms with Gasteiger partial charge in [0.15, 0.2) is 0 Å². The summed E-state index contributed by atoms with van der Waals surface area (Å²) in [6.07, 6.45) is 1.55. The van der Waals surface area contributed by atoms with Crippen LogP contribution in [0.25, 0.3) is 0 Å². The number of carboxylic acids is 1. The second kappa shape index (κ2) is 3.90. The van der Waals surface area contributed by atoms with Crippen LogP contribution in [0.2, 0.25) is 0 Å². The highest BCUT2D eigenvalue weighted by Crippen LogP contribution is 2.26. The van der Waals surface area contributed by atoms with Crippen LogP contribution < -0.4 is 0 Å². The first-order chi connectivity index (χ1) is 5.63. The highest BCUT2D eigenvalue weighted by molar-refractivity contribution is 5.70. The van der Waals surface area contributed by atoms with Crippen molar-refractivity contribution >= 4 is 5.97 Å². The maximum Gasteiger partial charge on any atom is 0.309 e. The van der Waals surface area contributed by atoms with Crippen LogP contribution >= 0.6 is 0 Å². The van der Waals surface area contributed by atoms with Crippen molar-refractivity contribution in [2.24, 2.45) is 11.8 Å². The molecule has 0 radical (unpaired) electrons. The lowest BCUT2D eigenvalue weighted by Gasteiger charge is -2.31. The molecule has 0 saturated carbocycles. The molecular formula is C9H16O3. The van der Waals surface area contributed by atoms with Gasteiger partial charge in [0.05, 0.1) is 12.0 Å². The van der Waals surface area contributed by atoms with Gasteiger partial charge in [0.2, 0.25) is 0 Å². The van der Waals surface area contributed by atoms with Crippen molar-refractivity contribution in [2.75, 3.05) is 6.61 Å². The molecule has 70 valence electrons. The van der Waals surface area contributed by atoms with Crippen LogP contribution in [0.1, 0.15) is 26.7 Å². The Morgan fingerprint density at radius 2 is 2.25 bits per heavy atom. The Morgan fingerprint density at radius 1 is 1.58 bits per heavy atom. The maximum absolute atomic E-state index is 10.8. The normalized spacial score (nSPS) is 30.6. The number of rotatable bonds is 2. The Balaban J connectivity index is 2.60. The Morgan fingerprint density at radius 3 is 2.67 bits per heavy atom. The molecule has 0 aromatic carbocycles. The highest BCUT2D eigenvalue weighted by Gasteiger charge is 2.33. The minimum Gasteiger partial charge on any atom is -0.481 e. The molecule has 0 aromatic heterocycles. The van der Waals surface area contributed by atoms with Crippen LogP contribution in [0.5, 0.6) is 0 Å². The van der Waals surface area contributed by atoms with E-state index in [9.17, 15) is 4.79 Å². The molecule has 0 bridgehead atoms. The molecule has 1 fully saturated rings. The van der Waals surface area contributed by atoms with E-state index in [0.717, 1.165) is 12.8 Å². The first-order valence-corrected chi connectivity index (χ1v) is 4.47. The summed E-state index contributed by atoms with van der Waals surface area (Å²) in [5, 5.41) is 8.88. The van der Waals surface area contributed by atoms with E-state index in [-0.39, 0.29) is 12.0 Å². The Kier molecular flexibility index (Phi) is 3.09. The molecule has 1 aliphatic rings. The van der Waals surface area contributed by atoms with Crippen molar-refractivity contribution in [1.29, 1.82) is 0 Å². The lowest BCUT2D eigenvalue weighted by molar-refractivity contribution is -0.154. The van der Waals surface area contributed by atoms with Gasteiger partial charge in [-0.2, -0.15) is 0 Å². The van der Waals surface area contributed by atoms with Crippen LogP contribution in [0, 0.1) is 11.8 Å². The number of aliphatic carboxylic acids is 1. The van der Waals surface area contributed by atoms with Crippen molar-refractivity contribution < 1.29 is 14.6 Å². The van der Waals surface area contributed by atoms with Gasteiger partial charge in [-0.05, 0) is 18.8 Å². The molecule has 3 nitrogen and oxygen atoms in total. The molecular weight excluding hydrogens is 156 g/mol. The van der Waals surface area contributed by atoms with Crippen molar-refractivity contribution in [3.63, 3.8) is 0 Å². The van der Waals surface area contributed by atoms with E-state index < -0.39 is 5.97 Å². The van der Waals surface area contributed by atoms with Gasteiger partial charge in [0.1, 0.15) is 0 Å². The average molecular weight is 172 g/mol. The lowest BCUT2D eigenvalue weighted by atomic mass is 9.88. The summed E-state index contributed by atoms with van der Waals surface area (Å²) in [5.74, 6) is -0.710. The topological polar surface area (TPSA) is 46.5 Å². The summed E-state index contributed by atoms with van der Waals surface area (Å²) in [6, 6.07) is 0. The first-order valence-electron chi connectivity index (χ1n) is 4.47. The van der Waals surface area contributed by atoms with Crippen molar-refractivity contribution in [3.8, 4) is 0 Å². The number of carbonyl (C=O) groups is 1. The van der Waals surface area contributed by atoms with E-state index in [4.69, 9.17) is 9.84 Å². The van der Waals surface area contributed by atoms with Crippen LogP contribution in [0.3, 0.4) is 0 Å². The quantitative estimate of drug-likeness (QED) is 0.687. The fraction of sp³-hybridized carbons (Fsp3) is 0.889. The smallest absolute Gasteiger partial charge is 0.309 e. The molecule has 1 saturated heterocycles. The molecule has 0 unspecified atom stereocenters. The summed E-state index contributed by atoms with van der Waals surface area (Å²) in [6.45, 7) is 4.73. The molecule has 12 heavy (non-hydrogen) atoms. The SMILES string of the molecule is CC(C)[C@@H]1OCCC[C@H]1C(=O)O. The fourth-order valence-electron chi connectivity index (χ4n) is 1.72. The molecule has 1 heterocycles. The van der Waals surface area contributed by atoms with Gasteiger partial charge in [-0.25, -0.2) is 0 Å². The van der Waals surface area contributed by atoms with Crippen LogP contribution in [0.4, 0.5) is 0 Å². The van der Waals surface area contributed by atoms with Gasteiger partial charge in [0.25, 0.3) is 0 Å². The Hall–Kier alpha value is -0.570. The zero-order valence-electron chi connectivity index (χ0n) is 7.62. The Labute approximate surface area is 72.7 Å². The minimum absolute atomic E-state index is 0.0868. The van der Waals surface area contributed by atoms with Gasteiger partial charge in [-0.1, -0.05) is 13.8 Å². The third-order valence-electron chi connectivity index (χ3n) is 2.34. The van der Waals surface area contributed by atoms with Gasteiger partial charge < -0.3 is 9.84 Å². The monoisotopic (exact) mass is 172 g/mol. The fourth-order valence-corrected chi connectivity index (χ4v) is 1.72. The predicted octanol–water partition coefficient (Wildman–Crippen LogP) is 1.52. The number of ether oxygens (including phenoxy) is 1. The van der Waals surface area contributed by atoms with Crippen molar-refractivity contribution in [1.82, 2.24) is 0 Å². The molecule has 1 rings (SSSR count). The Bertz CT molecular complexity index is 165. The largest absolute Gasteiger partial charge is 0.481 e. The average Bonchev–Trinajstić information content (AvgIpc) is 2.04. The van der Waals surface area contributed by atoms with E-state index in [1.165, 1.54) is 0 Å². The molecule has 1 N–H and O–H groups in total. The van der Waals surface area contributed by atoms with Gasteiger partial charge in [0, 0.05) is 6.61 Å². The maximum atomic E-state index is 10.8. The van der Waals surface area contributed by atoms with E-state index in [1.54, 1.807) is 0 Å². The highest BCUT2D eigenvalue weighted by atomic mass is 16.5. The van der Waals surface area contributed by atoms with Gasteiger partial charge in [-0.15, -0.1) is 0 Å². The zero-order valence-corrected chi connectivity index (χ0v) is 7.62. The second-order valence-electron chi connectivity index (χ2n) is 3.67. The molecule has 3 heteroatoms. The lowest BCUT2D eigenvalue weighted by Crippen LogP contribution is -2.38. The molecule has 0 amide bonds. The first kappa shape index (κ1) is 9.52. The van der Waals surface area contributed by atoms with Crippen LogP contribution in [-0.4, -0.2) is 23.8 Å². The summed E-state index contributed by atoms with van der Waals surface area (Å²) in [4.78, 5) is 10.8.